The Bertz CT molecular complexity index is 10700. The van der Waals surface area contributed by atoms with Crippen LogP contribution in [0.2, 0.25) is 0 Å². The molecule has 0 aliphatic rings. The molecule has 0 saturated carbocycles. The lowest BCUT2D eigenvalue weighted by molar-refractivity contribution is 1.17. The van der Waals surface area contributed by atoms with Crippen LogP contribution in [0.25, 0.3) is 275 Å². The predicted octanol–water partition coefficient (Wildman–Crippen LogP) is 38.3. The van der Waals surface area contributed by atoms with Gasteiger partial charge in [-0.2, -0.15) is 0 Å². The monoisotopic (exact) mass is 1880 g/mol. The van der Waals surface area contributed by atoms with E-state index in [0.29, 0.717) is 0 Å². The van der Waals surface area contributed by atoms with Gasteiger partial charge in [-0.05, 0) is 249 Å². The summed E-state index contributed by atoms with van der Waals surface area (Å²) >= 11 is 0. The zero-order valence-corrected chi connectivity index (χ0v) is 80.8. The molecule has 0 amide bonds. The van der Waals surface area contributed by atoms with Gasteiger partial charge in [-0.15, -0.1) is 0 Å². The minimum atomic E-state index is 1.14. The van der Waals surface area contributed by atoms with E-state index < -0.39 is 0 Å². The summed E-state index contributed by atoms with van der Waals surface area (Å²) in [5.41, 5.74) is 36.0. The lowest BCUT2D eigenvalue weighted by Crippen LogP contribution is -1.96. The Labute approximate surface area is 854 Å². The Balaban J connectivity index is 0.000000105. The van der Waals surface area contributed by atoms with Crippen LogP contribution in [0.4, 0.5) is 0 Å². The van der Waals surface area contributed by atoms with Gasteiger partial charge in [-0.25, -0.2) is 0 Å². The first kappa shape index (κ1) is 85.1. The zero-order chi connectivity index (χ0) is 97.4. The van der Waals surface area contributed by atoms with Crippen LogP contribution in [0.1, 0.15) is 0 Å². The molecule has 148 heavy (non-hydrogen) atoms. The fourth-order valence-corrected chi connectivity index (χ4v) is 23.8. The third kappa shape index (κ3) is 14.2. The average molecular weight is 1880 g/mol. The Morgan fingerprint density at radius 3 is 0.899 bits per heavy atom. The summed E-state index contributed by atoms with van der Waals surface area (Å²) in [5.74, 6) is 0. The highest BCUT2D eigenvalue weighted by molar-refractivity contribution is 6.30. The van der Waals surface area contributed by atoms with Gasteiger partial charge < -0.3 is 27.4 Å². The predicted molar refractivity (Wildman–Crippen MR) is 628 cm³/mol. The highest BCUT2D eigenvalue weighted by Crippen LogP contribution is 2.50. The van der Waals surface area contributed by atoms with E-state index in [-0.39, 0.29) is 0 Å². The van der Waals surface area contributed by atoms with Crippen molar-refractivity contribution in [3.05, 3.63) is 558 Å². The van der Waals surface area contributed by atoms with E-state index in [0.717, 1.165) is 28.4 Å². The minimum absolute atomic E-state index is 1.14. The molecular formula is C142H92N6. The third-order valence-electron chi connectivity index (χ3n) is 30.7. The molecular weight excluding hydrogens is 1790 g/mol. The van der Waals surface area contributed by atoms with E-state index in [1.165, 1.54) is 246 Å². The van der Waals surface area contributed by atoms with Crippen LogP contribution in [0.5, 0.6) is 0 Å². The van der Waals surface area contributed by atoms with Crippen LogP contribution in [-0.4, -0.2) is 27.4 Å². The van der Waals surface area contributed by atoms with Crippen molar-refractivity contribution >= 4 is 174 Å². The van der Waals surface area contributed by atoms with Crippen LogP contribution >= 0.6 is 0 Å². The van der Waals surface area contributed by atoms with Crippen LogP contribution in [0.3, 0.4) is 0 Å². The van der Waals surface area contributed by atoms with Crippen molar-refractivity contribution in [2.24, 2.45) is 0 Å². The Kier molecular flexibility index (Phi) is 20.2. The minimum Gasteiger partial charge on any atom is -0.309 e. The molecule has 6 heteroatoms. The normalized spacial score (nSPS) is 11.8. The number of aromatic nitrogens is 6. The summed E-state index contributed by atoms with van der Waals surface area (Å²) in [7, 11) is 0. The summed E-state index contributed by atoms with van der Waals surface area (Å²) in [6.45, 7) is 0. The Morgan fingerprint density at radius 1 is 0.101 bits per heavy atom. The zero-order valence-electron chi connectivity index (χ0n) is 80.8. The molecule has 0 fully saturated rings. The van der Waals surface area contributed by atoms with Crippen LogP contribution in [0, 0.1) is 0 Å². The van der Waals surface area contributed by atoms with Gasteiger partial charge in [0.1, 0.15) is 0 Å². The molecule has 0 N–H and O–H groups in total. The molecule has 0 aliphatic carbocycles. The largest absolute Gasteiger partial charge is 0.309 e. The second kappa shape index (κ2) is 35.2. The number of fused-ring (bicyclic) bond motifs is 25. The maximum Gasteiger partial charge on any atom is 0.0641 e. The molecule has 690 valence electrons. The molecule has 6 heterocycles. The lowest BCUT2D eigenvalue weighted by Gasteiger charge is -2.12. The maximum absolute atomic E-state index is 2.50. The van der Waals surface area contributed by atoms with Gasteiger partial charge in [0.25, 0.3) is 0 Å². The lowest BCUT2D eigenvalue weighted by atomic mass is 9.98. The van der Waals surface area contributed by atoms with Gasteiger partial charge in [0, 0.05) is 98.8 Å². The summed E-state index contributed by atoms with van der Waals surface area (Å²) < 4.78 is 14.8. The van der Waals surface area contributed by atoms with Crippen molar-refractivity contribution in [1.82, 2.24) is 27.4 Å². The Hall–Kier alpha value is -19.7. The molecule has 31 aromatic rings. The second-order valence-electron chi connectivity index (χ2n) is 38.9. The van der Waals surface area contributed by atoms with Crippen molar-refractivity contribution in [1.29, 1.82) is 0 Å². The average Bonchev–Trinajstić information content (AvgIpc) is 1.55. The second-order valence-corrected chi connectivity index (χ2v) is 38.9. The quantitative estimate of drug-likeness (QED) is 0.117. The molecule has 6 aromatic heterocycles. The van der Waals surface area contributed by atoms with Crippen molar-refractivity contribution < 1.29 is 0 Å². The highest BCUT2D eigenvalue weighted by atomic mass is 15.0. The standard InChI is InChI=1S/C50H32N2.2C46H30N2/c1-2-10-33(11-3-1)40-23-27-45-48(32-40)51(41-24-20-36(21-25-41)39-19-18-34-12-4-6-14-37(34)30-39)47-29-28-44-43-16-8-9-17-46(43)52(50(44)49(45)47)42-26-22-35-13-5-7-15-38(35)31-42;1-3-13-31(14-4-1)33-25-27-43-41(30-33)45-44(28-26-40-39-22-9-10-24-42(39)48(46(40)45)35-18-5-2-6-19-35)47(43)36-20-11-17-34(29-36)38-23-12-16-32-15-7-8-21-37(32)38;1-3-11-31(12-4-1)34-19-23-37(24-20-34)47-42-18-10-9-17-41(42)45-43(47)28-27-40-39-26-22-36(32-13-5-2-6-14-32)30-44(39)48(46(40)45)38-25-21-33-15-7-8-16-35(33)29-38/h1-32H;2*1-30H. The number of rotatable bonds is 12. The summed E-state index contributed by atoms with van der Waals surface area (Å²) in [5, 5.41) is 25.1. The number of benzene rings is 25. The van der Waals surface area contributed by atoms with Crippen LogP contribution < -0.4 is 0 Å². The van der Waals surface area contributed by atoms with E-state index in [4.69, 9.17) is 0 Å². The van der Waals surface area contributed by atoms with E-state index in [1.807, 2.05) is 0 Å². The smallest absolute Gasteiger partial charge is 0.0641 e. The van der Waals surface area contributed by atoms with Crippen molar-refractivity contribution in [3.8, 4) is 101 Å². The molecule has 0 spiro atoms. The van der Waals surface area contributed by atoms with Crippen molar-refractivity contribution in [2.75, 3.05) is 0 Å². The molecule has 0 saturated heterocycles. The topological polar surface area (TPSA) is 29.6 Å². The highest BCUT2D eigenvalue weighted by Gasteiger charge is 2.28. The summed E-state index contributed by atoms with van der Waals surface area (Å²) in [6.07, 6.45) is 0. The number of para-hydroxylation sites is 4. The molecule has 6 nitrogen and oxygen atoms in total. The fourth-order valence-electron chi connectivity index (χ4n) is 23.8. The van der Waals surface area contributed by atoms with Crippen molar-refractivity contribution in [3.63, 3.8) is 0 Å². The van der Waals surface area contributed by atoms with Gasteiger partial charge in [0.2, 0.25) is 0 Å². The van der Waals surface area contributed by atoms with Gasteiger partial charge in [-0.1, -0.05) is 419 Å². The number of hydrogen-bond donors (Lipinski definition) is 0. The van der Waals surface area contributed by atoms with Gasteiger partial charge in [0.15, 0.2) is 0 Å². The first-order chi connectivity index (χ1) is 73.4. The first-order valence-electron chi connectivity index (χ1n) is 51.0. The first-order valence-corrected chi connectivity index (χ1v) is 51.0. The molecule has 0 radical (unpaired) electrons. The summed E-state index contributed by atoms with van der Waals surface area (Å²) in [4.78, 5) is 0. The molecule has 0 unspecified atom stereocenters. The van der Waals surface area contributed by atoms with E-state index in [1.54, 1.807) is 0 Å². The SMILES string of the molecule is c1ccc(-c2ccc(-n3c4ccccc4c4c3ccc3c5ccc(-c6ccccc6)cc5n(-c5ccc6ccccc6c5)c34)cc2)cc1.c1ccc(-c2ccc3c(c2)c2c(ccc4c5ccccc5n(-c5ccccc5)c42)n3-c2cccc(-c3cccc4ccccc34)c2)cc1.c1ccc(-c2ccc3c4c(ccc5c6ccccc6n(-c6ccc7ccccc7c6)c54)n(-c4ccc(-c5ccc6ccccc6c5)cc4)c3c2)cc1. The molecule has 31 rings (SSSR count). The van der Waals surface area contributed by atoms with E-state index >= 15 is 0 Å². The van der Waals surface area contributed by atoms with Gasteiger partial charge in [0.05, 0.1) is 66.2 Å². The summed E-state index contributed by atoms with van der Waals surface area (Å²) in [6, 6.07) is 203. The van der Waals surface area contributed by atoms with Crippen molar-refractivity contribution in [2.45, 2.75) is 0 Å². The Morgan fingerprint density at radius 2 is 0.372 bits per heavy atom. The number of hydrogen-bond acceptors (Lipinski definition) is 0. The fraction of sp³-hybridized carbons (Fsp3) is 0. The molecule has 0 aliphatic heterocycles. The van der Waals surface area contributed by atoms with Gasteiger partial charge in [-0.3, -0.25) is 0 Å². The maximum atomic E-state index is 2.50. The third-order valence-corrected chi connectivity index (χ3v) is 30.7. The van der Waals surface area contributed by atoms with E-state index in [9.17, 15) is 0 Å². The van der Waals surface area contributed by atoms with Crippen LogP contribution in [-0.2, 0) is 0 Å². The molecule has 0 bridgehead atoms. The van der Waals surface area contributed by atoms with Crippen LogP contribution in [0.15, 0.2) is 558 Å². The van der Waals surface area contributed by atoms with Gasteiger partial charge >= 0.3 is 0 Å². The number of nitrogens with zero attached hydrogens (tertiary/aromatic N) is 6. The molecule has 0 atom stereocenters. The molecule has 25 aromatic carbocycles. The van der Waals surface area contributed by atoms with E-state index in [2.05, 4.69) is 586 Å².